The second-order valence-electron chi connectivity index (χ2n) is 3.14. The van der Waals surface area contributed by atoms with Gasteiger partial charge in [0.15, 0.2) is 6.61 Å². The first-order valence-electron chi connectivity index (χ1n) is 4.59. The maximum atomic E-state index is 11.7. The summed E-state index contributed by atoms with van der Waals surface area (Å²) < 4.78 is 39.1. The molecule has 0 fully saturated rings. The van der Waals surface area contributed by atoms with Crippen LogP contribution in [0.15, 0.2) is 24.3 Å². The van der Waals surface area contributed by atoms with Crippen molar-refractivity contribution in [2.45, 2.75) is 12.7 Å². The molecule has 0 spiro atoms. The molecule has 0 heterocycles. The molecule has 0 saturated heterocycles. The van der Waals surface area contributed by atoms with Crippen molar-refractivity contribution in [3.05, 3.63) is 34.9 Å². The first-order valence-corrected chi connectivity index (χ1v) is 4.97. The van der Waals surface area contributed by atoms with Crippen LogP contribution < -0.4 is 5.32 Å². The number of halogens is 4. The van der Waals surface area contributed by atoms with E-state index < -0.39 is 18.9 Å². The average Bonchev–Trinajstić information content (AvgIpc) is 2.24. The average molecular weight is 268 g/mol. The summed E-state index contributed by atoms with van der Waals surface area (Å²) >= 11 is 5.79. The van der Waals surface area contributed by atoms with E-state index in [1.165, 1.54) is 0 Å². The minimum Gasteiger partial charge on any atom is -0.440 e. The number of nitrogens with one attached hydrogen (secondary N) is 1. The van der Waals surface area contributed by atoms with Gasteiger partial charge in [-0.1, -0.05) is 29.8 Å². The number of hydrogen-bond acceptors (Lipinski definition) is 2. The predicted molar refractivity (Wildman–Crippen MR) is 55.7 cm³/mol. The molecule has 94 valence electrons. The Kier molecular flexibility index (Phi) is 4.62. The lowest BCUT2D eigenvalue weighted by molar-refractivity contribution is -0.160. The number of ether oxygens (including phenoxy) is 1. The zero-order valence-corrected chi connectivity index (χ0v) is 9.31. The molecule has 3 nitrogen and oxygen atoms in total. The summed E-state index contributed by atoms with van der Waals surface area (Å²) in [5, 5.41) is 2.59. The van der Waals surface area contributed by atoms with Crippen molar-refractivity contribution >= 4 is 17.7 Å². The number of amides is 1. The van der Waals surface area contributed by atoms with E-state index >= 15 is 0 Å². The number of alkyl carbamates (subject to hydrolysis) is 1. The van der Waals surface area contributed by atoms with Gasteiger partial charge in [0.1, 0.15) is 0 Å². The highest BCUT2D eigenvalue weighted by Crippen LogP contribution is 2.15. The van der Waals surface area contributed by atoms with Crippen LogP contribution in [0, 0.1) is 0 Å². The number of alkyl halides is 3. The van der Waals surface area contributed by atoms with E-state index in [0.29, 0.717) is 10.6 Å². The zero-order valence-electron chi connectivity index (χ0n) is 8.55. The Morgan fingerprint density at radius 1 is 1.35 bits per heavy atom. The Labute approximate surface area is 101 Å². The van der Waals surface area contributed by atoms with E-state index in [1.807, 2.05) is 0 Å². The molecule has 1 aromatic rings. The molecule has 7 heteroatoms. The molecule has 0 aliphatic rings. The molecule has 0 radical (unpaired) electrons. The van der Waals surface area contributed by atoms with Crippen LogP contribution >= 0.6 is 11.6 Å². The summed E-state index contributed by atoms with van der Waals surface area (Å²) in [7, 11) is 0. The second-order valence-corrected chi connectivity index (χ2v) is 3.54. The topological polar surface area (TPSA) is 38.3 Å². The summed E-state index contributed by atoms with van der Waals surface area (Å²) in [5.74, 6) is 0. The van der Waals surface area contributed by atoms with Crippen molar-refractivity contribution in [1.29, 1.82) is 0 Å². The summed E-state index contributed by atoms with van der Waals surface area (Å²) in [6.07, 6.45) is -5.66. The van der Waals surface area contributed by atoms with Crippen molar-refractivity contribution in [1.82, 2.24) is 5.32 Å². The molecule has 1 rings (SSSR count). The molecule has 17 heavy (non-hydrogen) atoms. The lowest BCUT2D eigenvalue weighted by Crippen LogP contribution is -2.28. The maximum absolute atomic E-state index is 11.7. The molecule has 0 aliphatic carbocycles. The Hall–Kier alpha value is -1.43. The van der Waals surface area contributed by atoms with Crippen LogP contribution in [0.5, 0.6) is 0 Å². The number of hydrogen-bond donors (Lipinski definition) is 1. The van der Waals surface area contributed by atoms with Crippen molar-refractivity contribution in [3.63, 3.8) is 0 Å². The van der Waals surface area contributed by atoms with Crippen LogP contribution in [0.4, 0.5) is 18.0 Å². The van der Waals surface area contributed by atoms with E-state index in [-0.39, 0.29) is 6.54 Å². The van der Waals surface area contributed by atoms with Crippen molar-refractivity contribution in [3.8, 4) is 0 Å². The number of carbonyl (C=O) groups excluding carboxylic acids is 1. The van der Waals surface area contributed by atoms with Gasteiger partial charge in [-0.25, -0.2) is 4.79 Å². The monoisotopic (exact) mass is 267 g/mol. The van der Waals surface area contributed by atoms with E-state index in [1.54, 1.807) is 24.3 Å². The second kappa shape index (κ2) is 5.77. The largest absolute Gasteiger partial charge is 0.440 e. The molecule has 0 aliphatic heterocycles. The van der Waals surface area contributed by atoms with E-state index in [4.69, 9.17) is 11.6 Å². The Balaban J connectivity index is 2.36. The maximum Gasteiger partial charge on any atom is 0.422 e. The summed E-state index contributed by atoms with van der Waals surface area (Å²) in [4.78, 5) is 10.9. The van der Waals surface area contributed by atoms with Gasteiger partial charge >= 0.3 is 12.3 Å². The molecule has 1 amide bonds. The molecule has 0 saturated carbocycles. The minimum atomic E-state index is -4.53. The molecule has 0 bridgehead atoms. The van der Waals surface area contributed by atoms with Crippen LogP contribution in [0.1, 0.15) is 5.56 Å². The van der Waals surface area contributed by atoms with Gasteiger partial charge in [-0.3, -0.25) is 0 Å². The van der Waals surface area contributed by atoms with E-state index in [0.717, 1.165) is 0 Å². The van der Waals surface area contributed by atoms with Gasteiger partial charge in [0.25, 0.3) is 0 Å². The predicted octanol–water partition coefficient (Wildman–Crippen LogP) is 3.13. The molecular weight excluding hydrogens is 259 g/mol. The zero-order chi connectivity index (χ0) is 12.9. The number of carbonyl (C=O) groups is 1. The van der Waals surface area contributed by atoms with Gasteiger partial charge in [0.2, 0.25) is 0 Å². The molecule has 0 aromatic heterocycles. The van der Waals surface area contributed by atoms with Gasteiger partial charge in [-0.15, -0.1) is 0 Å². The summed E-state index contributed by atoms with van der Waals surface area (Å²) in [6, 6.07) is 6.66. The molecule has 0 unspecified atom stereocenters. The van der Waals surface area contributed by atoms with Gasteiger partial charge < -0.3 is 10.1 Å². The molecular formula is C10H9ClF3NO2. The van der Waals surface area contributed by atoms with E-state index in [9.17, 15) is 18.0 Å². The Morgan fingerprint density at radius 2 is 2.00 bits per heavy atom. The van der Waals surface area contributed by atoms with Crippen molar-refractivity contribution in [2.24, 2.45) is 0 Å². The van der Waals surface area contributed by atoms with Crippen LogP contribution in [0.2, 0.25) is 5.02 Å². The lowest BCUT2D eigenvalue weighted by Gasteiger charge is -2.09. The standard InChI is InChI=1S/C10H9ClF3NO2/c11-8-4-2-1-3-7(8)5-15-9(16)17-6-10(12,13)14/h1-4H,5-6H2,(H,15,16). The van der Waals surface area contributed by atoms with Gasteiger partial charge in [0.05, 0.1) is 0 Å². The number of rotatable bonds is 3. The van der Waals surface area contributed by atoms with Gasteiger partial charge in [-0.2, -0.15) is 13.2 Å². The van der Waals surface area contributed by atoms with Crippen LogP contribution in [0.25, 0.3) is 0 Å². The van der Waals surface area contributed by atoms with Crippen molar-refractivity contribution < 1.29 is 22.7 Å². The third-order valence-corrected chi connectivity index (χ3v) is 2.12. The summed E-state index contributed by atoms with van der Waals surface area (Å²) in [5.41, 5.74) is 0.595. The van der Waals surface area contributed by atoms with Gasteiger partial charge in [0, 0.05) is 11.6 Å². The van der Waals surface area contributed by atoms with Gasteiger partial charge in [-0.05, 0) is 11.6 Å². The molecule has 1 aromatic carbocycles. The fourth-order valence-corrected chi connectivity index (χ4v) is 1.21. The normalized spacial score (nSPS) is 11.1. The fraction of sp³-hybridized carbons (Fsp3) is 0.300. The Morgan fingerprint density at radius 3 is 2.59 bits per heavy atom. The highest BCUT2D eigenvalue weighted by atomic mass is 35.5. The number of benzene rings is 1. The highest BCUT2D eigenvalue weighted by Gasteiger charge is 2.29. The first-order chi connectivity index (χ1) is 7.88. The van der Waals surface area contributed by atoms with Crippen molar-refractivity contribution in [2.75, 3.05) is 6.61 Å². The Bertz CT molecular complexity index is 395. The third kappa shape index (κ3) is 5.44. The van der Waals surface area contributed by atoms with Crippen LogP contribution in [-0.2, 0) is 11.3 Å². The molecule has 0 atom stereocenters. The first kappa shape index (κ1) is 13.6. The summed E-state index contributed by atoms with van der Waals surface area (Å²) in [6.45, 7) is -1.60. The third-order valence-electron chi connectivity index (χ3n) is 1.75. The smallest absolute Gasteiger partial charge is 0.422 e. The quantitative estimate of drug-likeness (QED) is 0.914. The van der Waals surface area contributed by atoms with Crippen LogP contribution in [0.3, 0.4) is 0 Å². The SMILES string of the molecule is O=C(NCc1ccccc1Cl)OCC(F)(F)F. The van der Waals surface area contributed by atoms with E-state index in [2.05, 4.69) is 10.1 Å². The lowest BCUT2D eigenvalue weighted by atomic mass is 10.2. The minimum absolute atomic E-state index is 0.0103. The van der Waals surface area contributed by atoms with Crippen LogP contribution in [-0.4, -0.2) is 18.9 Å². The highest BCUT2D eigenvalue weighted by molar-refractivity contribution is 6.31. The fourth-order valence-electron chi connectivity index (χ4n) is 1.01. The molecule has 1 N–H and O–H groups in total.